The molecule has 1 aliphatic heterocycles. The van der Waals surface area contributed by atoms with E-state index in [-0.39, 0.29) is 12.3 Å². The highest BCUT2D eigenvalue weighted by Gasteiger charge is 2.40. The highest BCUT2D eigenvalue weighted by atomic mass is 32.2. The Kier molecular flexibility index (Phi) is 7.18. The van der Waals surface area contributed by atoms with Crippen LogP contribution >= 0.6 is 11.8 Å². The van der Waals surface area contributed by atoms with E-state index >= 15 is 0 Å². The van der Waals surface area contributed by atoms with Gasteiger partial charge in [0.1, 0.15) is 5.25 Å². The van der Waals surface area contributed by atoms with Crippen molar-refractivity contribution in [3.05, 3.63) is 30.3 Å². The summed E-state index contributed by atoms with van der Waals surface area (Å²) in [7, 11) is 0. The quantitative estimate of drug-likeness (QED) is 0.562. The minimum atomic E-state index is -0.999. The number of thioether (sulfide) groups is 1. The molecule has 0 aliphatic carbocycles. The van der Waals surface area contributed by atoms with Crippen molar-refractivity contribution in [1.29, 1.82) is 0 Å². The molecule has 0 bridgehead atoms. The van der Waals surface area contributed by atoms with E-state index in [0.717, 1.165) is 31.4 Å². The molecule has 1 atom stereocenters. The van der Waals surface area contributed by atoms with E-state index in [0.29, 0.717) is 10.9 Å². The van der Waals surface area contributed by atoms with E-state index in [1.54, 1.807) is 12.1 Å². The highest BCUT2D eigenvalue weighted by molar-refractivity contribution is 8.16. The molecule has 1 N–H and O–H groups in total. The maximum absolute atomic E-state index is 12.7. The van der Waals surface area contributed by atoms with Crippen molar-refractivity contribution in [3.63, 3.8) is 0 Å². The second-order valence-corrected chi connectivity index (χ2v) is 6.93. The number of rotatable bonds is 8. The summed E-state index contributed by atoms with van der Waals surface area (Å²) >= 11 is 1.17. The van der Waals surface area contributed by atoms with Crippen molar-refractivity contribution in [2.45, 2.75) is 51.2 Å². The first-order valence-corrected chi connectivity index (χ1v) is 9.35. The average Bonchev–Trinajstić information content (AvgIpc) is 2.89. The summed E-state index contributed by atoms with van der Waals surface area (Å²) in [5.74, 6) is -1.26. The van der Waals surface area contributed by atoms with Crippen LogP contribution in [0, 0.1) is 0 Å². The second-order valence-electron chi connectivity index (χ2n) is 5.76. The van der Waals surface area contributed by atoms with E-state index in [9.17, 15) is 9.59 Å². The number of nitrogens with zero attached hydrogens (tertiary/aromatic N) is 3. The van der Waals surface area contributed by atoms with Gasteiger partial charge in [0, 0.05) is 5.71 Å². The summed E-state index contributed by atoms with van der Waals surface area (Å²) in [5.41, 5.74) is 1.68. The Morgan fingerprint density at radius 1 is 1.20 bits per heavy atom. The molecular weight excluding hydrogens is 338 g/mol. The number of amides is 1. The molecule has 0 unspecified atom stereocenters. The van der Waals surface area contributed by atoms with Crippen LogP contribution in [0.15, 0.2) is 40.5 Å². The number of hydrogen-bond acceptors (Lipinski definition) is 5. The molecule has 134 valence electrons. The van der Waals surface area contributed by atoms with Crippen LogP contribution in [-0.2, 0) is 9.59 Å². The molecule has 1 fully saturated rings. The van der Waals surface area contributed by atoms with Gasteiger partial charge in [-0.2, -0.15) is 5.10 Å². The Bertz CT molecular complexity index is 665. The molecule has 25 heavy (non-hydrogen) atoms. The van der Waals surface area contributed by atoms with Crippen LogP contribution in [0.4, 0.5) is 5.69 Å². The Morgan fingerprint density at radius 2 is 1.84 bits per heavy atom. The number of aliphatic carboxylic acids is 1. The minimum absolute atomic E-state index is 0.230. The van der Waals surface area contributed by atoms with E-state index in [1.807, 2.05) is 18.2 Å². The maximum Gasteiger partial charge on any atom is 0.305 e. The zero-order valence-electron chi connectivity index (χ0n) is 14.5. The average molecular weight is 361 g/mol. The van der Waals surface area contributed by atoms with Crippen LogP contribution < -0.4 is 4.90 Å². The number of carboxylic acids is 1. The fraction of sp³-hybridized carbons (Fsp3) is 0.444. The van der Waals surface area contributed by atoms with Crippen molar-refractivity contribution in [2.24, 2.45) is 10.2 Å². The first-order valence-electron chi connectivity index (χ1n) is 8.47. The molecule has 2 rings (SSSR count). The van der Waals surface area contributed by atoms with Gasteiger partial charge in [-0.1, -0.05) is 56.7 Å². The Morgan fingerprint density at radius 3 is 2.40 bits per heavy atom. The fourth-order valence-corrected chi connectivity index (χ4v) is 3.63. The molecule has 0 aromatic heterocycles. The third-order valence-corrected chi connectivity index (χ3v) is 4.79. The monoisotopic (exact) mass is 361 g/mol. The van der Waals surface area contributed by atoms with Crippen LogP contribution in [0.25, 0.3) is 0 Å². The van der Waals surface area contributed by atoms with Crippen LogP contribution in [0.3, 0.4) is 0 Å². The molecule has 1 aromatic rings. The van der Waals surface area contributed by atoms with Crippen LogP contribution in [-0.4, -0.2) is 33.1 Å². The first-order chi connectivity index (χ1) is 12.1. The third kappa shape index (κ3) is 5.16. The zero-order chi connectivity index (χ0) is 18.2. The van der Waals surface area contributed by atoms with Gasteiger partial charge in [0.2, 0.25) is 5.91 Å². The molecule has 1 amide bonds. The number of carboxylic acid groups (broad SMARTS) is 1. The number of hydrogen-bond donors (Lipinski definition) is 1. The van der Waals surface area contributed by atoms with Gasteiger partial charge in [-0.05, 0) is 25.0 Å². The molecule has 0 radical (unpaired) electrons. The van der Waals surface area contributed by atoms with Gasteiger partial charge in [0.15, 0.2) is 5.17 Å². The van der Waals surface area contributed by atoms with E-state index in [2.05, 4.69) is 24.1 Å². The topological polar surface area (TPSA) is 82.3 Å². The SMILES string of the molecule is CCCC(CCC)=N/N=C1/S[C@H](CC(=O)O)C(=O)N1c1ccccc1. The van der Waals surface area contributed by atoms with Crippen molar-refractivity contribution >= 4 is 40.2 Å². The Labute approximate surface area is 152 Å². The fourth-order valence-electron chi connectivity index (χ4n) is 2.55. The number of carbonyl (C=O) groups is 2. The zero-order valence-corrected chi connectivity index (χ0v) is 15.3. The van der Waals surface area contributed by atoms with Crippen LogP contribution in [0.1, 0.15) is 46.0 Å². The normalized spacial score (nSPS) is 18.6. The van der Waals surface area contributed by atoms with Gasteiger partial charge in [-0.3, -0.25) is 14.5 Å². The summed E-state index contributed by atoms with van der Waals surface area (Å²) in [5, 5.41) is 17.5. The lowest BCUT2D eigenvalue weighted by Gasteiger charge is -2.15. The number of para-hydroxylation sites is 1. The van der Waals surface area contributed by atoms with Gasteiger partial charge < -0.3 is 5.11 Å². The largest absolute Gasteiger partial charge is 0.481 e. The predicted octanol–water partition coefficient (Wildman–Crippen LogP) is 3.92. The lowest BCUT2D eigenvalue weighted by Crippen LogP contribution is -2.32. The van der Waals surface area contributed by atoms with Gasteiger partial charge >= 0.3 is 5.97 Å². The third-order valence-electron chi connectivity index (χ3n) is 3.66. The molecule has 1 aliphatic rings. The molecule has 6 nitrogen and oxygen atoms in total. The molecule has 1 heterocycles. The van der Waals surface area contributed by atoms with E-state index in [4.69, 9.17) is 5.11 Å². The minimum Gasteiger partial charge on any atom is -0.481 e. The van der Waals surface area contributed by atoms with Gasteiger partial charge in [-0.15, -0.1) is 5.10 Å². The number of carbonyl (C=O) groups excluding carboxylic acids is 1. The first kappa shape index (κ1) is 19.2. The number of anilines is 1. The molecule has 1 aromatic carbocycles. The van der Waals surface area contributed by atoms with Gasteiger partial charge in [0.05, 0.1) is 12.1 Å². The molecule has 7 heteroatoms. The summed E-state index contributed by atoms with van der Waals surface area (Å²) in [6, 6.07) is 9.14. The summed E-state index contributed by atoms with van der Waals surface area (Å²) in [6.45, 7) is 4.18. The van der Waals surface area contributed by atoms with Gasteiger partial charge in [-0.25, -0.2) is 0 Å². The molecule has 0 spiro atoms. The molecule has 1 saturated heterocycles. The lowest BCUT2D eigenvalue weighted by atomic mass is 10.1. The van der Waals surface area contributed by atoms with Crippen LogP contribution in [0.2, 0.25) is 0 Å². The van der Waals surface area contributed by atoms with E-state index < -0.39 is 11.2 Å². The summed E-state index contributed by atoms with van der Waals surface area (Å²) in [4.78, 5) is 25.2. The Balaban J connectivity index is 2.34. The van der Waals surface area contributed by atoms with Gasteiger partial charge in [0.25, 0.3) is 0 Å². The highest BCUT2D eigenvalue weighted by Crippen LogP contribution is 2.33. The number of amidine groups is 1. The smallest absolute Gasteiger partial charge is 0.305 e. The van der Waals surface area contributed by atoms with Crippen LogP contribution in [0.5, 0.6) is 0 Å². The van der Waals surface area contributed by atoms with Crippen molar-refractivity contribution in [1.82, 2.24) is 0 Å². The summed E-state index contributed by atoms with van der Waals surface area (Å²) in [6.07, 6.45) is 3.48. The van der Waals surface area contributed by atoms with Crippen molar-refractivity contribution in [3.8, 4) is 0 Å². The van der Waals surface area contributed by atoms with Crippen molar-refractivity contribution < 1.29 is 14.7 Å². The lowest BCUT2D eigenvalue weighted by molar-refractivity contribution is -0.138. The standard InChI is InChI=1S/C18H23N3O3S/c1-3-8-13(9-4-2)19-20-18-21(14-10-6-5-7-11-14)17(24)15(25-18)12-16(22)23/h5-7,10-11,15H,3-4,8-9,12H2,1-2H3,(H,22,23)/b20-18+/t15-/m1/s1. The molecule has 0 saturated carbocycles. The maximum atomic E-state index is 12.7. The Hall–Kier alpha value is -2.15. The molecular formula is C18H23N3O3S. The summed E-state index contributed by atoms with van der Waals surface area (Å²) < 4.78 is 0. The second kappa shape index (κ2) is 9.36. The van der Waals surface area contributed by atoms with E-state index in [1.165, 1.54) is 16.7 Å². The predicted molar refractivity (Wildman–Crippen MR) is 102 cm³/mol. The van der Waals surface area contributed by atoms with Crippen molar-refractivity contribution in [2.75, 3.05) is 4.90 Å². The number of benzene rings is 1.